The number of nitrogens with zero attached hydrogens (tertiary/aromatic N) is 6. The second-order valence-corrected chi connectivity index (χ2v) is 25.2. The van der Waals surface area contributed by atoms with Crippen molar-refractivity contribution in [2.75, 3.05) is 0 Å². The Bertz CT molecular complexity index is 5770. The summed E-state index contributed by atoms with van der Waals surface area (Å²) in [6.45, 7) is 0. The number of halogens is 2. The van der Waals surface area contributed by atoms with Crippen LogP contribution in [0.25, 0.3) is 155 Å². The number of para-hydroxylation sites is 4. The summed E-state index contributed by atoms with van der Waals surface area (Å²) in [7, 11) is 0. The summed E-state index contributed by atoms with van der Waals surface area (Å²) in [5.74, 6) is 1.43. The van der Waals surface area contributed by atoms with Gasteiger partial charge in [-0.05, 0) is 107 Å². The highest BCUT2D eigenvalue weighted by Gasteiger charge is 2.22. The van der Waals surface area contributed by atoms with Crippen LogP contribution in [0.5, 0.6) is 0 Å². The minimum atomic E-state index is 0.704. The van der Waals surface area contributed by atoms with E-state index in [1.165, 1.54) is 65.9 Å². The van der Waals surface area contributed by atoms with E-state index in [0.717, 1.165) is 110 Å². The highest BCUT2D eigenvalue weighted by atomic mass is 79.9. The van der Waals surface area contributed by atoms with Crippen LogP contribution >= 0.6 is 31.9 Å². The van der Waals surface area contributed by atoms with Crippen LogP contribution in [0.3, 0.4) is 0 Å². The van der Waals surface area contributed by atoms with Crippen LogP contribution in [0.4, 0.5) is 0 Å². The highest BCUT2D eigenvalue weighted by molar-refractivity contribution is 9.11. The molecule has 1 aliphatic carbocycles. The van der Waals surface area contributed by atoms with Gasteiger partial charge in [-0.2, -0.15) is 0 Å². The zero-order chi connectivity index (χ0) is 61.9. The third-order valence-corrected chi connectivity index (χ3v) is 19.2. The molecule has 6 nitrogen and oxygen atoms in total. The molecule has 0 aliphatic heterocycles. The Kier molecular flexibility index (Phi) is 14.2. The Morgan fingerprint density at radius 2 is 0.634 bits per heavy atom. The fraction of sp³-hybridized carbons (Fsp3) is 0.0118. The van der Waals surface area contributed by atoms with E-state index in [9.17, 15) is 0 Å². The predicted octanol–water partition coefficient (Wildman–Crippen LogP) is 23.2. The van der Waals surface area contributed by atoms with Gasteiger partial charge in [0.25, 0.3) is 0 Å². The lowest BCUT2D eigenvalue weighted by atomic mass is 9.99. The number of hydrogen-bond donors (Lipinski definition) is 0. The molecule has 93 heavy (non-hydrogen) atoms. The van der Waals surface area contributed by atoms with Gasteiger partial charge < -0.3 is 9.13 Å². The maximum absolute atomic E-state index is 5.37. The van der Waals surface area contributed by atoms with Crippen LogP contribution in [-0.4, -0.2) is 29.1 Å². The first-order valence-corrected chi connectivity index (χ1v) is 32.8. The highest BCUT2D eigenvalue weighted by Crippen LogP contribution is 2.43. The number of aromatic nitrogens is 6. The topological polar surface area (TPSA) is 61.4 Å². The molecule has 0 bridgehead atoms. The summed E-state index contributed by atoms with van der Waals surface area (Å²) in [5.41, 5.74) is 20.6. The first-order chi connectivity index (χ1) is 46.0. The molecule has 0 N–H and O–H groups in total. The summed E-state index contributed by atoms with van der Waals surface area (Å²) >= 11 is 7.24. The van der Waals surface area contributed by atoms with Gasteiger partial charge in [-0.3, -0.25) is 0 Å². The van der Waals surface area contributed by atoms with E-state index in [2.05, 4.69) is 308 Å². The van der Waals surface area contributed by atoms with Crippen molar-refractivity contribution in [3.8, 4) is 67.8 Å². The van der Waals surface area contributed by atoms with E-state index in [1.807, 2.05) is 48.5 Å². The van der Waals surface area contributed by atoms with Gasteiger partial charge in [0, 0.05) is 85.4 Å². The van der Waals surface area contributed by atoms with Crippen molar-refractivity contribution < 1.29 is 0 Å². The van der Waals surface area contributed by atoms with Crippen molar-refractivity contribution in [3.63, 3.8) is 0 Å². The van der Waals surface area contributed by atoms with Crippen LogP contribution in [0.2, 0.25) is 0 Å². The molecule has 1 aliphatic rings. The third kappa shape index (κ3) is 9.94. The Morgan fingerprint density at radius 3 is 1.12 bits per heavy atom. The molecule has 0 unspecified atom stereocenters. The minimum Gasteiger partial charge on any atom is -0.309 e. The fourth-order valence-electron chi connectivity index (χ4n) is 13.7. The number of rotatable bonds is 6. The Balaban J connectivity index is 0.000000133. The van der Waals surface area contributed by atoms with Gasteiger partial charge in [0.05, 0.1) is 50.2 Å². The van der Waals surface area contributed by atoms with Crippen molar-refractivity contribution in [1.29, 1.82) is 0 Å². The van der Waals surface area contributed by atoms with E-state index in [4.69, 9.17) is 19.9 Å². The molecule has 19 rings (SSSR count). The summed E-state index contributed by atoms with van der Waals surface area (Å²) < 4.78 is 6.83. The SMILES string of the molecule is Brc1ccc(-c2nc(-c3ccccc3)c3cc(Br)c4ccccc4c3n2)cc1.c1ccc(-c2nc(-c3ccc(-n4c5ccccc5c5ccccc54)cc3)nc3c2cc(-n2c4ccccc4c4ccccc42)c2ccccc23)cc1.c1ccc2c(c1)Cc1ccccc1-2. The average Bonchev–Trinajstić information content (AvgIpc) is 1.76. The lowest BCUT2D eigenvalue weighted by molar-refractivity contribution is 1.17. The van der Waals surface area contributed by atoms with Crippen molar-refractivity contribution in [3.05, 3.63) is 336 Å². The van der Waals surface area contributed by atoms with E-state index < -0.39 is 0 Å². The van der Waals surface area contributed by atoms with E-state index in [1.54, 1.807) is 0 Å². The van der Waals surface area contributed by atoms with Gasteiger partial charge in [-0.1, -0.05) is 275 Å². The zero-order valence-electron chi connectivity index (χ0n) is 50.2. The quantitative estimate of drug-likeness (QED) is 0.156. The number of fused-ring (bicyclic) bond motifs is 15. The molecule has 4 heterocycles. The summed E-state index contributed by atoms with van der Waals surface area (Å²) in [5, 5.41) is 11.5. The van der Waals surface area contributed by atoms with Gasteiger partial charge in [0.1, 0.15) is 0 Å². The van der Waals surface area contributed by atoms with E-state index in [-0.39, 0.29) is 0 Å². The Labute approximate surface area is 553 Å². The standard InChI is InChI=1S/C48H30N4.C24H14Br2N2.C13H10/c1-2-14-31(15-3-1)46-40-30-45(52-43-24-12-8-18-36(43)37-19-9-13-25-44(37)52)38-20-4-5-21-39(38)47(40)50-48(49-46)32-26-28-33(29-27-32)51-41-22-10-6-16-34(41)35-17-7-11-23-42(35)51;25-17-12-10-16(11-13-17)24-27-22(15-6-2-1-3-7-15)20-14-21(26)18-8-4-5-9-19(18)23(20)28-24;1-3-7-12-10(5-1)9-11-6-2-4-8-13(11)12/h1-30H;1-14H;1-8H,9H2. The lowest BCUT2D eigenvalue weighted by Gasteiger charge is -2.17. The number of hydrogen-bond acceptors (Lipinski definition) is 4. The molecule has 0 saturated carbocycles. The van der Waals surface area contributed by atoms with E-state index >= 15 is 0 Å². The second kappa shape index (κ2) is 23.6. The zero-order valence-corrected chi connectivity index (χ0v) is 53.3. The number of benzene rings is 14. The van der Waals surface area contributed by atoms with Gasteiger partial charge >= 0.3 is 0 Å². The van der Waals surface area contributed by atoms with Crippen LogP contribution in [0.15, 0.2) is 324 Å². The van der Waals surface area contributed by atoms with Gasteiger partial charge in [0.15, 0.2) is 11.6 Å². The van der Waals surface area contributed by atoms with E-state index in [0.29, 0.717) is 5.82 Å². The van der Waals surface area contributed by atoms with Crippen molar-refractivity contribution in [2.45, 2.75) is 6.42 Å². The van der Waals surface area contributed by atoms with Gasteiger partial charge in [0.2, 0.25) is 0 Å². The summed E-state index contributed by atoms with van der Waals surface area (Å²) in [6.07, 6.45) is 1.10. The maximum atomic E-state index is 5.37. The van der Waals surface area contributed by atoms with Gasteiger partial charge in [-0.15, -0.1) is 0 Å². The molecular formula is C85H54Br2N6. The lowest BCUT2D eigenvalue weighted by Crippen LogP contribution is -2.00. The smallest absolute Gasteiger partial charge is 0.160 e. The Hall–Kier alpha value is -11.2. The predicted molar refractivity (Wildman–Crippen MR) is 395 cm³/mol. The monoisotopic (exact) mass is 1320 g/mol. The van der Waals surface area contributed by atoms with Crippen molar-refractivity contribution in [2.24, 2.45) is 0 Å². The molecule has 14 aromatic carbocycles. The maximum Gasteiger partial charge on any atom is 0.160 e. The third-order valence-electron chi connectivity index (χ3n) is 18.0. The Morgan fingerprint density at radius 1 is 0.269 bits per heavy atom. The molecular weight excluding hydrogens is 1260 g/mol. The van der Waals surface area contributed by atoms with Crippen LogP contribution in [-0.2, 0) is 6.42 Å². The molecule has 0 amide bonds. The second-order valence-electron chi connectivity index (χ2n) is 23.4. The molecule has 0 saturated heterocycles. The van der Waals surface area contributed by atoms with Gasteiger partial charge in [-0.25, -0.2) is 19.9 Å². The molecule has 438 valence electrons. The molecule has 0 fully saturated rings. The molecule has 0 spiro atoms. The largest absolute Gasteiger partial charge is 0.309 e. The molecule has 8 heteroatoms. The summed E-state index contributed by atoms with van der Waals surface area (Å²) in [6, 6.07) is 111. The van der Waals surface area contributed by atoms with Crippen molar-refractivity contribution in [1.82, 2.24) is 29.1 Å². The first-order valence-electron chi connectivity index (χ1n) is 31.2. The molecule has 18 aromatic rings. The van der Waals surface area contributed by atoms with Crippen LogP contribution in [0.1, 0.15) is 11.1 Å². The minimum absolute atomic E-state index is 0.704. The van der Waals surface area contributed by atoms with Crippen molar-refractivity contribution >= 4 is 119 Å². The first kappa shape index (κ1) is 55.9. The molecule has 0 atom stereocenters. The normalized spacial score (nSPS) is 11.7. The van der Waals surface area contributed by atoms with Crippen LogP contribution < -0.4 is 0 Å². The molecule has 4 aromatic heterocycles. The average molecular weight is 1320 g/mol. The van der Waals surface area contributed by atoms with Crippen LogP contribution in [0, 0.1) is 0 Å². The fourth-order valence-corrected chi connectivity index (χ4v) is 14.6. The summed E-state index contributed by atoms with van der Waals surface area (Å²) in [4.78, 5) is 20.7. The molecule has 0 radical (unpaired) electrons.